The van der Waals surface area contributed by atoms with Crippen LogP contribution in [0.15, 0.2) is 115 Å². The lowest BCUT2D eigenvalue weighted by atomic mass is 10.1. The van der Waals surface area contributed by atoms with E-state index in [2.05, 4.69) is 69.3 Å². The summed E-state index contributed by atoms with van der Waals surface area (Å²) in [6.45, 7) is 7.35. The van der Waals surface area contributed by atoms with Crippen molar-refractivity contribution in [2.24, 2.45) is 0 Å². The molecule has 0 saturated heterocycles. The highest BCUT2D eigenvalue weighted by atomic mass is 35.5. The number of halogens is 1. The zero-order chi connectivity index (χ0) is 28.3. The number of rotatable bonds is 8. The fourth-order valence-corrected chi connectivity index (χ4v) is 10.2. The molecular formula is C34H32ClNO3Si. The molecule has 4 aromatic rings. The average Bonchev–Trinajstić information content (AvgIpc) is 3.25. The molecule has 0 atom stereocenters. The number of anilines is 1. The van der Waals surface area contributed by atoms with Gasteiger partial charge in [0.2, 0.25) is 0 Å². The van der Waals surface area contributed by atoms with E-state index >= 15 is 0 Å². The van der Waals surface area contributed by atoms with Gasteiger partial charge in [0.15, 0.2) is 0 Å². The Balaban J connectivity index is 1.33. The second-order valence-corrected chi connectivity index (χ2v) is 15.7. The van der Waals surface area contributed by atoms with Crippen LogP contribution in [0.25, 0.3) is 5.57 Å². The first-order valence-electron chi connectivity index (χ1n) is 13.4. The highest BCUT2D eigenvalue weighted by Gasteiger charge is 2.50. The van der Waals surface area contributed by atoms with Crippen molar-refractivity contribution in [2.45, 2.75) is 32.2 Å². The molecule has 0 aliphatic carbocycles. The Morgan fingerprint density at radius 2 is 1.38 bits per heavy atom. The number of nitrogens with zero attached hydrogens (tertiary/aromatic N) is 1. The number of carbonyl (C=O) groups is 2. The minimum absolute atomic E-state index is 0.0935. The summed E-state index contributed by atoms with van der Waals surface area (Å²) < 4.78 is 7.01. The molecule has 202 valence electrons. The Bertz CT molecular complexity index is 1500. The molecule has 4 nitrogen and oxygen atoms in total. The van der Waals surface area contributed by atoms with E-state index in [0.29, 0.717) is 34.9 Å². The quantitative estimate of drug-likeness (QED) is 0.183. The van der Waals surface area contributed by atoms with Crippen molar-refractivity contribution in [1.29, 1.82) is 0 Å². The lowest BCUT2D eigenvalue weighted by Gasteiger charge is -2.43. The molecule has 4 aromatic carbocycles. The summed E-state index contributed by atoms with van der Waals surface area (Å²) in [5.41, 5.74) is 2.59. The van der Waals surface area contributed by atoms with Crippen LogP contribution in [0.5, 0.6) is 0 Å². The first-order chi connectivity index (χ1) is 19.2. The summed E-state index contributed by atoms with van der Waals surface area (Å²) in [5, 5.41) is 2.92. The first kappa shape index (κ1) is 27.8. The van der Waals surface area contributed by atoms with Gasteiger partial charge in [-0.05, 0) is 57.2 Å². The zero-order valence-corrected chi connectivity index (χ0v) is 24.7. The molecule has 40 heavy (non-hydrogen) atoms. The molecule has 5 rings (SSSR count). The van der Waals surface area contributed by atoms with Gasteiger partial charge in [-0.15, -0.1) is 0 Å². The molecule has 0 saturated carbocycles. The SMILES string of the molecule is CC(C)(C)[Si](OCCc1ccc(N2C(=O)C=C(c3cccc(Cl)c3)C2=O)cc1)(c1ccccc1)c1ccccc1. The predicted molar refractivity (Wildman–Crippen MR) is 166 cm³/mol. The minimum Gasteiger partial charge on any atom is -0.407 e. The van der Waals surface area contributed by atoms with Crippen molar-refractivity contribution in [2.75, 3.05) is 11.5 Å². The van der Waals surface area contributed by atoms with Gasteiger partial charge in [-0.1, -0.05) is 117 Å². The van der Waals surface area contributed by atoms with Crippen LogP contribution in [-0.4, -0.2) is 26.7 Å². The van der Waals surface area contributed by atoms with E-state index in [1.54, 1.807) is 24.3 Å². The molecule has 0 unspecified atom stereocenters. The van der Waals surface area contributed by atoms with Gasteiger partial charge in [-0.2, -0.15) is 0 Å². The standard InChI is InChI=1S/C34H32ClNO3Si/c1-34(2,3)40(29-13-6-4-7-14-29,30-15-8-5-9-16-30)39-22-21-25-17-19-28(20-18-25)36-32(37)24-31(33(36)38)26-11-10-12-27(35)23-26/h4-20,23-24H,21-22H2,1-3H3. The maximum atomic E-state index is 13.1. The Morgan fingerprint density at radius 1 is 0.775 bits per heavy atom. The van der Waals surface area contributed by atoms with Crippen molar-refractivity contribution < 1.29 is 14.0 Å². The molecule has 0 fully saturated rings. The Labute approximate surface area is 242 Å². The van der Waals surface area contributed by atoms with E-state index in [4.69, 9.17) is 16.0 Å². The van der Waals surface area contributed by atoms with Crippen molar-refractivity contribution in [3.63, 3.8) is 0 Å². The van der Waals surface area contributed by atoms with E-state index in [9.17, 15) is 9.59 Å². The topological polar surface area (TPSA) is 46.6 Å². The number of hydrogen-bond acceptors (Lipinski definition) is 3. The maximum absolute atomic E-state index is 13.1. The largest absolute Gasteiger partial charge is 0.407 e. The number of hydrogen-bond donors (Lipinski definition) is 0. The third-order valence-corrected chi connectivity index (χ3v) is 12.7. The summed E-state index contributed by atoms with van der Waals surface area (Å²) >= 11 is 6.10. The van der Waals surface area contributed by atoms with Crippen molar-refractivity contribution in [3.05, 3.63) is 131 Å². The predicted octanol–water partition coefficient (Wildman–Crippen LogP) is 6.42. The van der Waals surface area contributed by atoms with Crippen molar-refractivity contribution in [3.8, 4) is 0 Å². The number of carbonyl (C=O) groups excluding carboxylic acids is 2. The average molecular weight is 566 g/mol. The van der Waals surface area contributed by atoms with Crippen LogP contribution < -0.4 is 15.3 Å². The van der Waals surface area contributed by atoms with Crippen LogP contribution >= 0.6 is 11.6 Å². The van der Waals surface area contributed by atoms with Crippen LogP contribution in [0.1, 0.15) is 31.9 Å². The fraction of sp³-hybridized carbons (Fsp3) is 0.176. The highest BCUT2D eigenvalue weighted by Crippen LogP contribution is 2.37. The number of amides is 2. The monoisotopic (exact) mass is 565 g/mol. The summed E-state index contributed by atoms with van der Waals surface area (Å²) in [6.07, 6.45) is 2.08. The van der Waals surface area contributed by atoms with E-state index in [1.165, 1.54) is 21.3 Å². The molecule has 2 amide bonds. The molecule has 6 heteroatoms. The summed E-state index contributed by atoms with van der Waals surface area (Å²) in [4.78, 5) is 27.1. The second kappa shape index (κ2) is 11.4. The number of imide groups is 1. The highest BCUT2D eigenvalue weighted by molar-refractivity contribution is 6.99. The summed E-state index contributed by atoms with van der Waals surface area (Å²) in [6, 6.07) is 35.7. The molecular weight excluding hydrogens is 534 g/mol. The third kappa shape index (κ3) is 5.33. The van der Waals surface area contributed by atoms with Crippen molar-refractivity contribution in [1.82, 2.24) is 0 Å². The van der Waals surface area contributed by atoms with E-state index in [1.807, 2.05) is 36.4 Å². The first-order valence-corrected chi connectivity index (χ1v) is 15.7. The van der Waals surface area contributed by atoms with Crippen molar-refractivity contribution >= 4 is 53.4 Å². The molecule has 0 bridgehead atoms. The normalized spacial score (nSPS) is 14.0. The fourth-order valence-electron chi connectivity index (χ4n) is 5.47. The second-order valence-electron chi connectivity index (χ2n) is 11.0. The van der Waals surface area contributed by atoms with Crippen LogP contribution in [0.4, 0.5) is 5.69 Å². The van der Waals surface area contributed by atoms with Gasteiger partial charge in [0.1, 0.15) is 0 Å². The Hall–Kier alpha value is -3.77. The third-order valence-electron chi connectivity index (χ3n) is 7.38. The molecule has 1 heterocycles. The van der Waals surface area contributed by atoms with E-state index in [0.717, 1.165) is 5.56 Å². The molecule has 1 aliphatic heterocycles. The Kier molecular flexibility index (Phi) is 7.90. The van der Waals surface area contributed by atoms with Gasteiger partial charge in [-0.25, -0.2) is 4.90 Å². The molecule has 0 spiro atoms. The minimum atomic E-state index is -2.61. The number of benzene rings is 4. The molecule has 0 radical (unpaired) electrons. The zero-order valence-electron chi connectivity index (χ0n) is 22.9. The van der Waals surface area contributed by atoms with Crippen LogP contribution in [0.3, 0.4) is 0 Å². The van der Waals surface area contributed by atoms with Crippen LogP contribution in [-0.2, 0) is 20.4 Å². The van der Waals surface area contributed by atoms with Gasteiger partial charge in [0.25, 0.3) is 20.1 Å². The summed E-state index contributed by atoms with van der Waals surface area (Å²) in [7, 11) is -2.61. The van der Waals surface area contributed by atoms with Gasteiger partial charge >= 0.3 is 0 Å². The Morgan fingerprint density at radius 3 is 1.93 bits per heavy atom. The van der Waals surface area contributed by atoms with Gasteiger partial charge < -0.3 is 4.43 Å². The lowest BCUT2D eigenvalue weighted by molar-refractivity contribution is -0.119. The van der Waals surface area contributed by atoms with E-state index < -0.39 is 8.32 Å². The summed E-state index contributed by atoms with van der Waals surface area (Å²) in [5.74, 6) is -0.710. The maximum Gasteiger partial charge on any atom is 0.266 e. The van der Waals surface area contributed by atoms with Crippen LogP contribution in [0, 0.1) is 0 Å². The molecule has 0 aromatic heterocycles. The smallest absolute Gasteiger partial charge is 0.266 e. The molecule has 1 aliphatic rings. The lowest BCUT2D eigenvalue weighted by Crippen LogP contribution is -2.66. The van der Waals surface area contributed by atoms with E-state index in [-0.39, 0.29) is 16.9 Å². The van der Waals surface area contributed by atoms with Crippen LogP contribution in [0.2, 0.25) is 10.1 Å². The van der Waals surface area contributed by atoms with Gasteiger partial charge in [-0.3, -0.25) is 9.59 Å². The van der Waals surface area contributed by atoms with Gasteiger partial charge in [0, 0.05) is 17.7 Å². The van der Waals surface area contributed by atoms with Gasteiger partial charge in [0.05, 0.1) is 11.3 Å². The molecule has 0 N–H and O–H groups in total.